The van der Waals surface area contributed by atoms with Gasteiger partial charge < -0.3 is 15.1 Å². The molecule has 0 unspecified atom stereocenters. The largest absolute Gasteiger partial charge is 0.323 e. The summed E-state index contributed by atoms with van der Waals surface area (Å²) in [4.78, 5) is 16.2. The van der Waals surface area contributed by atoms with E-state index in [-0.39, 0.29) is 6.03 Å². The van der Waals surface area contributed by atoms with Crippen molar-refractivity contribution in [1.82, 2.24) is 9.80 Å². The van der Waals surface area contributed by atoms with Crippen molar-refractivity contribution < 1.29 is 4.79 Å². The van der Waals surface area contributed by atoms with Crippen LogP contribution in [-0.2, 0) is 0 Å². The van der Waals surface area contributed by atoms with Crippen LogP contribution in [-0.4, -0.2) is 49.6 Å². The first kappa shape index (κ1) is 18.0. The number of urea groups is 1. The van der Waals surface area contributed by atoms with Crippen molar-refractivity contribution >= 4 is 11.7 Å². The highest BCUT2D eigenvalue weighted by Crippen LogP contribution is 2.14. The Bertz CT molecular complexity index is 514. The minimum Gasteiger partial charge on any atom is -0.323 e. The molecule has 0 aliphatic heterocycles. The van der Waals surface area contributed by atoms with E-state index in [2.05, 4.69) is 22.4 Å². The normalized spacial score (nSPS) is 10.4. The van der Waals surface area contributed by atoms with Gasteiger partial charge in [0.15, 0.2) is 0 Å². The third kappa shape index (κ3) is 6.59. The molecular weight excluding hydrogens is 276 g/mol. The molecule has 0 aliphatic carbocycles. The molecular formula is C17H26N4O. The van der Waals surface area contributed by atoms with E-state index in [0.29, 0.717) is 19.5 Å². The zero-order chi connectivity index (χ0) is 16.5. The van der Waals surface area contributed by atoms with E-state index in [1.54, 1.807) is 4.90 Å². The fraction of sp³-hybridized carbons (Fsp3) is 0.529. The van der Waals surface area contributed by atoms with Crippen LogP contribution in [0, 0.1) is 25.2 Å². The average Bonchev–Trinajstić information content (AvgIpc) is 2.40. The Morgan fingerprint density at radius 1 is 1.14 bits per heavy atom. The SMILES string of the molecule is Cc1cc(C)cc(NC(=O)N(CCC#N)CCCN(C)C)c1. The minimum absolute atomic E-state index is 0.140. The van der Waals surface area contributed by atoms with Gasteiger partial charge in [0.05, 0.1) is 12.5 Å². The standard InChI is InChI=1S/C17H26N4O/c1-14-11-15(2)13-16(12-14)19-17(22)21(9-5-7-18)10-6-8-20(3)4/h11-13H,5-6,8-10H2,1-4H3,(H,19,22). The number of rotatable bonds is 7. The number of nitrogens with one attached hydrogen (secondary N) is 1. The van der Waals surface area contributed by atoms with Crippen molar-refractivity contribution in [2.75, 3.05) is 39.0 Å². The topological polar surface area (TPSA) is 59.4 Å². The first-order valence-electron chi connectivity index (χ1n) is 7.58. The summed E-state index contributed by atoms with van der Waals surface area (Å²) in [6.45, 7) is 6.04. The number of carbonyl (C=O) groups excluding carboxylic acids is 1. The highest BCUT2D eigenvalue weighted by molar-refractivity contribution is 5.89. The maximum atomic E-state index is 12.4. The molecule has 120 valence electrons. The lowest BCUT2D eigenvalue weighted by atomic mass is 10.1. The molecule has 0 radical (unpaired) electrons. The molecule has 0 spiro atoms. The van der Waals surface area contributed by atoms with E-state index in [1.807, 2.05) is 40.1 Å². The Morgan fingerprint density at radius 3 is 2.32 bits per heavy atom. The number of nitriles is 1. The number of anilines is 1. The summed E-state index contributed by atoms with van der Waals surface area (Å²) in [5.74, 6) is 0. The van der Waals surface area contributed by atoms with Crippen LogP contribution in [0.1, 0.15) is 24.0 Å². The van der Waals surface area contributed by atoms with Gasteiger partial charge in [-0.2, -0.15) is 5.26 Å². The van der Waals surface area contributed by atoms with E-state index in [4.69, 9.17) is 5.26 Å². The predicted octanol–water partition coefficient (Wildman–Crippen LogP) is 3.00. The van der Waals surface area contributed by atoms with Gasteiger partial charge in [0.1, 0.15) is 0 Å². The summed E-state index contributed by atoms with van der Waals surface area (Å²) in [5.41, 5.74) is 3.04. The maximum Gasteiger partial charge on any atom is 0.321 e. The zero-order valence-electron chi connectivity index (χ0n) is 14.0. The predicted molar refractivity (Wildman–Crippen MR) is 89.9 cm³/mol. The van der Waals surface area contributed by atoms with Crippen LogP contribution in [0.15, 0.2) is 18.2 Å². The number of carbonyl (C=O) groups is 1. The third-order valence-corrected chi connectivity index (χ3v) is 3.29. The summed E-state index contributed by atoms with van der Waals surface area (Å²) in [7, 11) is 4.02. The summed E-state index contributed by atoms with van der Waals surface area (Å²) in [5, 5.41) is 11.7. The molecule has 1 rings (SSSR count). The van der Waals surface area contributed by atoms with E-state index in [0.717, 1.165) is 29.8 Å². The summed E-state index contributed by atoms with van der Waals surface area (Å²) < 4.78 is 0. The molecule has 5 heteroatoms. The maximum absolute atomic E-state index is 12.4. The van der Waals surface area contributed by atoms with Crippen molar-refractivity contribution in [2.24, 2.45) is 0 Å². The molecule has 0 saturated heterocycles. The van der Waals surface area contributed by atoms with E-state index >= 15 is 0 Å². The zero-order valence-corrected chi connectivity index (χ0v) is 14.0. The number of aryl methyl sites for hydroxylation is 2. The van der Waals surface area contributed by atoms with E-state index in [1.165, 1.54) is 0 Å². The van der Waals surface area contributed by atoms with Gasteiger partial charge in [-0.3, -0.25) is 0 Å². The van der Waals surface area contributed by atoms with Crippen LogP contribution in [0.25, 0.3) is 0 Å². The van der Waals surface area contributed by atoms with E-state index < -0.39 is 0 Å². The highest BCUT2D eigenvalue weighted by atomic mass is 16.2. The van der Waals surface area contributed by atoms with Crippen molar-refractivity contribution in [3.8, 4) is 6.07 Å². The van der Waals surface area contributed by atoms with Gasteiger partial charge in [0.2, 0.25) is 0 Å². The number of hydrogen-bond donors (Lipinski definition) is 1. The Labute approximate surface area is 133 Å². The van der Waals surface area contributed by atoms with Crippen molar-refractivity contribution in [2.45, 2.75) is 26.7 Å². The van der Waals surface area contributed by atoms with Gasteiger partial charge in [0, 0.05) is 18.8 Å². The molecule has 1 aromatic carbocycles. The number of nitrogens with zero attached hydrogens (tertiary/aromatic N) is 3. The fourth-order valence-corrected chi connectivity index (χ4v) is 2.33. The van der Waals surface area contributed by atoms with Gasteiger partial charge in [-0.25, -0.2) is 4.79 Å². The van der Waals surface area contributed by atoms with Crippen LogP contribution in [0.4, 0.5) is 10.5 Å². The first-order valence-corrected chi connectivity index (χ1v) is 7.58. The molecule has 5 nitrogen and oxygen atoms in total. The number of hydrogen-bond acceptors (Lipinski definition) is 3. The minimum atomic E-state index is -0.140. The first-order chi connectivity index (χ1) is 10.4. The summed E-state index contributed by atoms with van der Waals surface area (Å²) in [6, 6.07) is 7.94. The van der Waals surface area contributed by atoms with Crippen molar-refractivity contribution in [3.05, 3.63) is 29.3 Å². The molecule has 0 aromatic heterocycles. The lowest BCUT2D eigenvalue weighted by molar-refractivity contribution is 0.209. The van der Waals surface area contributed by atoms with Gasteiger partial charge in [0.25, 0.3) is 0 Å². The van der Waals surface area contributed by atoms with Gasteiger partial charge in [-0.1, -0.05) is 6.07 Å². The molecule has 0 fully saturated rings. The molecule has 0 bridgehead atoms. The third-order valence-electron chi connectivity index (χ3n) is 3.29. The second kappa shape index (κ2) is 9.06. The fourth-order valence-electron chi connectivity index (χ4n) is 2.33. The number of amides is 2. The van der Waals surface area contributed by atoms with Crippen molar-refractivity contribution in [1.29, 1.82) is 5.26 Å². The monoisotopic (exact) mass is 302 g/mol. The van der Waals surface area contributed by atoms with Crippen LogP contribution < -0.4 is 5.32 Å². The Kier molecular flexibility index (Phi) is 7.41. The van der Waals surface area contributed by atoms with Gasteiger partial charge in [-0.15, -0.1) is 0 Å². The quantitative estimate of drug-likeness (QED) is 0.842. The lowest BCUT2D eigenvalue weighted by Crippen LogP contribution is -2.37. The van der Waals surface area contributed by atoms with Crippen LogP contribution in [0.3, 0.4) is 0 Å². The van der Waals surface area contributed by atoms with Crippen molar-refractivity contribution in [3.63, 3.8) is 0 Å². The van der Waals surface area contributed by atoms with Crippen LogP contribution in [0.5, 0.6) is 0 Å². The number of benzene rings is 1. The average molecular weight is 302 g/mol. The lowest BCUT2D eigenvalue weighted by Gasteiger charge is -2.23. The molecule has 22 heavy (non-hydrogen) atoms. The van der Waals surface area contributed by atoms with Crippen LogP contribution in [0.2, 0.25) is 0 Å². The molecule has 2 amide bonds. The molecule has 0 heterocycles. The Balaban J connectivity index is 2.67. The summed E-state index contributed by atoms with van der Waals surface area (Å²) in [6.07, 6.45) is 1.24. The smallest absolute Gasteiger partial charge is 0.321 e. The van der Waals surface area contributed by atoms with Crippen LogP contribution >= 0.6 is 0 Å². The summed E-state index contributed by atoms with van der Waals surface area (Å²) >= 11 is 0. The molecule has 0 saturated carbocycles. The molecule has 1 aromatic rings. The highest BCUT2D eigenvalue weighted by Gasteiger charge is 2.13. The Morgan fingerprint density at radius 2 is 1.77 bits per heavy atom. The van der Waals surface area contributed by atoms with E-state index in [9.17, 15) is 4.79 Å². The van der Waals surface area contributed by atoms with Gasteiger partial charge >= 0.3 is 6.03 Å². The molecule has 0 aliphatic rings. The molecule has 0 atom stereocenters. The second-order valence-electron chi connectivity index (χ2n) is 5.86. The Hall–Kier alpha value is -2.06. The molecule has 1 N–H and O–H groups in total. The van der Waals surface area contributed by atoms with Gasteiger partial charge in [-0.05, 0) is 64.2 Å². The second-order valence-corrected chi connectivity index (χ2v) is 5.86.